The molecule has 0 atom stereocenters. The highest BCUT2D eigenvalue weighted by molar-refractivity contribution is 5.89. The van der Waals surface area contributed by atoms with Gasteiger partial charge in [0, 0.05) is 11.9 Å². The summed E-state index contributed by atoms with van der Waals surface area (Å²) in [7, 11) is 0. The molecule has 2 N–H and O–H groups in total. The summed E-state index contributed by atoms with van der Waals surface area (Å²) in [6.07, 6.45) is 4.93. The van der Waals surface area contributed by atoms with Crippen LogP contribution in [0.3, 0.4) is 0 Å². The van der Waals surface area contributed by atoms with Crippen LogP contribution in [0, 0.1) is 12.8 Å². The summed E-state index contributed by atoms with van der Waals surface area (Å²) >= 11 is 0. The average molecular weight is 313 g/mol. The molecule has 1 aliphatic heterocycles. The van der Waals surface area contributed by atoms with Gasteiger partial charge in [-0.05, 0) is 56.8 Å². The van der Waals surface area contributed by atoms with Crippen molar-refractivity contribution < 1.29 is 9.90 Å². The Kier molecular flexibility index (Phi) is 4.76. The fraction of sp³-hybridized carbons (Fsp3) is 0.444. The molecule has 0 aliphatic carbocycles. The van der Waals surface area contributed by atoms with Crippen molar-refractivity contribution in [2.24, 2.45) is 5.92 Å². The zero-order valence-corrected chi connectivity index (χ0v) is 13.5. The Labute approximate surface area is 136 Å². The Balaban J connectivity index is 1.54. The fourth-order valence-electron chi connectivity index (χ4n) is 3.33. The van der Waals surface area contributed by atoms with E-state index < -0.39 is 5.97 Å². The number of benzene rings is 1. The molecule has 0 spiro atoms. The van der Waals surface area contributed by atoms with Crippen LogP contribution < -0.4 is 0 Å². The first-order valence-corrected chi connectivity index (χ1v) is 8.16. The van der Waals surface area contributed by atoms with Gasteiger partial charge >= 0.3 is 5.97 Å². The van der Waals surface area contributed by atoms with Gasteiger partial charge in [-0.2, -0.15) is 0 Å². The van der Waals surface area contributed by atoms with E-state index in [0.29, 0.717) is 11.5 Å². The normalized spacial score (nSPS) is 16.6. The van der Waals surface area contributed by atoms with E-state index >= 15 is 0 Å². The number of nitrogens with zero attached hydrogens (tertiary/aromatic N) is 2. The molecule has 0 saturated carbocycles. The number of piperidine rings is 1. The lowest BCUT2D eigenvalue weighted by molar-refractivity contribution is 0.0695. The second kappa shape index (κ2) is 6.96. The van der Waals surface area contributed by atoms with E-state index in [2.05, 4.69) is 14.9 Å². The van der Waals surface area contributed by atoms with Gasteiger partial charge < -0.3 is 10.1 Å². The number of carboxylic acid groups (broad SMARTS) is 1. The lowest BCUT2D eigenvalue weighted by atomic mass is 9.88. The molecule has 122 valence electrons. The van der Waals surface area contributed by atoms with Crippen LogP contribution in [0.15, 0.2) is 30.5 Å². The van der Waals surface area contributed by atoms with Crippen LogP contribution in [0.5, 0.6) is 0 Å². The van der Waals surface area contributed by atoms with Crippen molar-refractivity contribution >= 4 is 5.97 Å². The molecule has 5 nitrogen and oxygen atoms in total. The number of nitrogens with one attached hydrogen (secondary N) is 1. The lowest BCUT2D eigenvalue weighted by Crippen LogP contribution is -2.34. The maximum Gasteiger partial charge on any atom is 0.335 e. The molecule has 0 unspecified atom stereocenters. The summed E-state index contributed by atoms with van der Waals surface area (Å²) < 4.78 is 0. The van der Waals surface area contributed by atoms with Crippen LogP contribution in [0.2, 0.25) is 0 Å². The molecule has 1 saturated heterocycles. The molecular formula is C18H23N3O2. The molecule has 1 aromatic carbocycles. The summed E-state index contributed by atoms with van der Waals surface area (Å²) in [5, 5.41) is 9.28. The van der Waals surface area contributed by atoms with Crippen molar-refractivity contribution in [1.82, 2.24) is 14.9 Å². The predicted octanol–water partition coefficient (Wildman–Crippen LogP) is 2.87. The van der Waals surface area contributed by atoms with Gasteiger partial charge in [-0.15, -0.1) is 0 Å². The molecule has 1 fully saturated rings. The third-order valence-corrected chi connectivity index (χ3v) is 4.59. The molecule has 2 heterocycles. The molecule has 2 aromatic rings. The zero-order chi connectivity index (χ0) is 16.2. The Hall–Kier alpha value is -2.14. The minimum absolute atomic E-state index is 0.445. The van der Waals surface area contributed by atoms with Crippen LogP contribution in [0.4, 0.5) is 0 Å². The van der Waals surface area contributed by atoms with Crippen molar-refractivity contribution in [2.45, 2.75) is 32.7 Å². The van der Waals surface area contributed by atoms with Gasteiger partial charge in [0.05, 0.1) is 12.1 Å². The van der Waals surface area contributed by atoms with E-state index in [1.165, 1.54) is 0 Å². The molecule has 23 heavy (non-hydrogen) atoms. The van der Waals surface area contributed by atoms with Gasteiger partial charge in [0.25, 0.3) is 0 Å². The number of likely N-dealkylation sites (tertiary alicyclic amines) is 1. The van der Waals surface area contributed by atoms with Crippen molar-refractivity contribution in [1.29, 1.82) is 0 Å². The minimum Gasteiger partial charge on any atom is -0.478 e. The summed E-state index contributed by atoms with van der Waals surface area (Å²) in [4.78, 5) is 21.4. The van der Waals surface area contributed by atoms with Crippen LogP contribution in [-0.2, 0) is 13.0 Å². The maximum absolute atomic E-state index is 11.3. The second-order valence-corrected chi connectivity index (χ2v) is 6.40. The molecule has 1 aliphatic rings. The van der Waals surface area contributed by atoms with Crippen molar-refractivity contribution in [3.8, 4) is 0 Å². The number of aromatic nitrogens is 2. The third kappa shape index (κ3) is 3.99. The number of aromatic amines is 1. The quantitative estimate of drug-likeness (QED) is 0.890. The highest BCUT2D eigenvalue weighted by atomic mass is 16.4. The number of carbonyl (C=O) groups is 1. The number of hydrogen-bond donors (Lipinski definition) is 2. The van der Waals surface area contributed by atoms with Gasteiger partial charge in [-0.1, -0.05) is 18.2 Å². The third-order valence-electron chi connectivity index (χ3n) is 4.59. The first kappa shape index (κ1) is 15.7. The summed E-state index contributed by atoms with van der Waals surface area (Å²) in [6.45, 7) is 4.97. The standard InChI is InChI=1S/C18H23N3O2/c1-13-11-19-17(20-13)12-21-8-6-14(7-9-21)10-15-4-2-3-5-16(15)18(22)23/h2-5,11,14H,6-10,12H2,1H3,(H,19,20)(H,22,23). The van der Waals surface area contributed by atoms with Crippen molar-refractivity contribution in [2.75, 3.05) is 13.1 Å². The Morgan fingerprint density at radius 2 is 2.09 bits per heavy atom. The van der Waals surface area contributed by atoms with E-state index in [4.69, 9.17) is 0 Å². The molecular weight excluding hydrogens is 290 g/mol. The van der Waals surface area contributed by atoms with Crippen LogP contribution >= 0.6 is 0 Å². The number of carboxylic acids is 1. The van der Waals surface area contributed by atoms with Gasteiger partial charge in [-0.3, -0.25) is 4.90 Å². The second-order valence-electron chi connectivity index (χ2n) is 6.40. The summed E-state index contributed by atoms with van der Waals surface area (Å²) in [6, 6.07) is 7.37. The summed E-state index contributed by atoms with van der Waals surface area (Å²) in [5.41, 5.74) is 2.50. The summed E-state index contributed by atoms with van der Waals surface area (Å²) in [5.74, 6) is 0.758. The van der Waals surface area contributed by atoms with Gasteiger partial charge in [0.2, 0.25) is 0 Å². The first-order valence-electron chi connectivity index (χ1n) is 8.16. The van der Waals surface area contributed by atoms with Crippen molar-refractivity contribution in [3.63, 3.8) is 0 Å². The smallest absolute Gasteiger partial charge is 0.335 e. The zero-order valence-electron chi connectivity index (χ0n) is 13.5. The van der Waals surface area contributed by atoms with Gasteiger partial charge in [0.1, 0.15) is 5.82 Å². The van der Waals surface area contributed by atoms with E-state index in [0.717, 1.165) is 56.0 Å². The van der Waals surface area contributed by atoms with Crippen LogP contribution in [0.1, 0.15) is 40.3 Å². The number of H-pyrrole nitrogens is 1. The van der Waals surface area contributed by atoms with Crippen LogP contribution in [0.25, 0.3) is 0 Å². The SMILES string of the molecule is Cc1cnc(CN2CCC(Cc3ccccc3C(=O)O)CC2)[nH]1. The highest BCUT2D eigenvalue weighted by Gasteiger charge is 2.21. The largest absolute Gasteiger partial charge is 0.478 e. The molecule has 3 rings (SSSR count). The lowest BCUT2D eigenvalue weighted by Gasteiger charge is -2.31. The number of aryl methyl sites for hydroxylation is 1. The number of rotatable bonds is 5. The molecule has 1 aromatic heterocycles. The molecule has 0 amide bonds. The monoisotopic (exact) mass is 313 g/mol. The minimum atomic E-state index is -0.828. The molecule has 0 radical (unpaired) electrons. The van der Waals surface area contributed by atoms with Crippen LogP contribution in [-0.4, -0.2) is 39.0 Å². The molecule has 5 heteroatoms. The molecule has 0 bridgehead atoms. The maximum atomic E-state index is 11.3. The van der Waals surface area contributed by atoms with E-state index in [-0.39, 0.29) is 0 Å². The fourth-order valence-corrected chi connectivity index (χ4v) is 3.33. The Morgan fingerprint density at radius 1 is 1.35 bits per heavy atom. The van der Waals surface area contributed by atoms with E-state index in [1.807, 2.05) is 25.3 Å². The number of aromatic carboxylic acids is 1. The predicted molar refractivity (Wildman–Crippen MR) is 88.4 cm³/mol. The number of imidazole rings is 1. The first-order chi connectivity index (χ1) is 11.1. The van der Waals surface area contributed by atoms with E-state index in [9.17, 15) is 9.90 Å². The van der Waals surface area contributed by atoms with E-state index in [1.54, 1.807) is 12.1 Å². The number of hydrogen-bond acceptors (Lipinski definition) is 3. The van der Waals surface area contributed by atoms with Gasteiger partial charge in [-0.25, -0.2) is 9.78 Å². The topological polar surface area (TPSA) is 69.2 Å². The highest BCUT2D eigenvalue weighted by Crippen LogP contribution is 2.24. The van der Waals surface area contributed by atoms with Crippen molar-refractivity contribution in [3.05, 3.63) is 53.1 Å². The average Bonchev–Trinajstić information content (AvgIpc) is 2.95. The van der Waals surface area contributed by atoms with Gasteiger partial charge in [0.15, 0.2) is 0 Å². The Bertz CT molecular complexity index is 672. The Morgan fingerprint density at radius 3 is 2.74 bits per heavy atom.